The van der Waals surface area contributed by atoms with Gasteiger partial charge in [0.05, 0.1) is 11.6 Å². The summed E-state index contributed by atoms with van der Waals surface area (Å²) in [7, 11) is 0. The lowest BCUT2D eigenvalue weighted by Gasteiger charge is -2.34. The highest BCUT2D eigenvalue weighted by atomic mass is 35.5. The molecule has 30 heavy (non-hydrogen) atoms. The molecule has 6 nitrogen and oxygen atoms in total. The Bertz CT molecular complexity index is 899. The van der Waals surface area contributed by atoms with E-state index in [0.29, 0.717) is 48.5 Å². The monoisotopic (exact) mass is 449 g/mol. The molecule has 2 aromatic carbocycles. The van der Waals surface area contributed by atoms with Gasteiger partial charge in [-0.25, -0.2) is 0 Å². The molecule has 0 unspecified atom stereocenters. The Morgan fingerprint density at radius 2 is 1.80 bits per heavy atom. The first kappa shape index (κ1) is 22.4. The average molecular weight is 450 g/mol. The Balaban J connectivity index is 1.43. The molecule has 0 radical (unpaired) electrons. The number of benzene rings is 2. The zero-order valence-electron chi connectivity index (χ0n) is 16.9. The number of amides is 2. The Morgan fingerprint density at radius 3 is 2.53 bits per heavy atom. The third-order valence-electron chi connectivity index (χ3n) is 5.01. The van der Waals surface area contributed by atoms with Crippen molar-refractivity contribution in [1.82, 2.24) is 9.80 Å². The molecule has 0 spiro atoms. The molecule has 0 aromatic heterocycles. The topological polar surface area (TPSA) is 61.9 Å². The van der Waals surface area contributed by atoms with Gasteiger partial charge in [0.25, 0.3) is 5.91 Å². The van der Waals surface area contributed by atoms with Crippen LogP contribution in [0.3, 0.4) is 0 Å². The maximum atomic E-state index is 12.4. The van der Waals surface area contributed by atoms with Gasteiger partial charge < -0.3 is 15.0 Å². The summed E-state index contributed by atoms with van der Waals surface area (Å²) in [6, 6.07) is 12.7. The number of carbonyl (C=O) groups excluding carboxylic acids is 2. The number of hydrogen-bond acceptors (Lipinski definition) is 4. The molecule has 160 valence electrons. The van der Waals surface area contributed by atoms with Crippen molar-refractivity contribution in [3.63, 3.8) is 0 Å². The molecule has 1 saturated heterocycles. The van der Waals surface area contributed by atoms with Gasteiger partial charge in [-0.05, 0) is 30.2 Å². The van der Waals surface area contributed by atoms with E-state index >= 15 is 0 Å². The number of anilines is 1. The van der Waals surface area contributed by atoms with Crippen LogP contribution in [0.2, 0.25) is 10.0 Å². The van der Waals surface area contributed by atoms with Gasteiger partial charge in [-0.3, -0.25) is 14.5 Å². The zero-order chi connectivity index (χ0) is 21.5. The quantitative estimate of drug-likeness (QED) is 0.699. The fourth-order valence-electron chi connectivity index (χ4n) is 3.32. The summed E-state index contributed by atoms with van der Waals surface area (Å²) in [4.78, 5) is 28.6. The fourth-order valence-corrected chi connectivity index (χ4v) is 3.65. The van der Waals surface area contributed by atoms with Gasteiger partial charge in [-0.1, -0.05) is 48.3 Å². The van der Waals surface area contributed by atoms with Crippen molar-refractivity contribution in [2.24, 2.45) is 0 Å². The molecule has 8 heteroatoms. The Kier molecular flexibility index (Phi) is 7.96. The molecule has 2 aromatic rings. The van der Waals surface area contributed by atoms with E-state index in [-0.39, 0.29) is 18.4 Å². The highest BCUT2D eigenvalue weighted by Gasteiger charge is 2.23. The normalized spacial score (nSPS) is 14.4. The number of halogens is 2. The number of ether oxygens (including phenoxy) is 1. The molecule has 1 fully saturated rings. The molecule has 1 heterocycles. The van der Waals surface area contributed by atoms with Crippen molar-refractivity contribution in [1.29, 1.82) is 0 Å². The lowest BCUT2D eigenvalue weighted by atomic mass is 10.1. The van der Waals surface area contributed by atoms with Crippen molar-refractivity contribution in [3.05, 3.63) is 58.1 Å². The van der Waals surface area contributed by atoms with Crippen molar-refractivity contribution < 1.29 is 14.3 Å². The van der Waals surface area contributed by atoms with E-state index < -0.39 is 0 Å². The number of nitrogens with zero attached hydrogens (tertiary/aromatic N) is 2. The average Bonchev–Trinajstić information content (AvgIpc) is 2.75. The second-order valence-corrected chi connectivity index (χ2v) is 7.92. The van der Waals surface area contributed by atoms with Crippen LogP contribution in [-0.2, 0) is 16.0 Å². The van der Waals surface area contributed by atoms with Crippen molar-refractivity contribution in [2.75, 3.05) is 44.6 Å². The van der Waals surface area contributed by atoms with Crippen LogP contribution in [0, 0.1) is 0 Å². The zero-order valence-corrected chi connectivity index (χ0v) is 18.4. The van der Waals surface area contributed by atoms with E-state index in [9.17, 15) is 9.59 Å². The standard InChI is InChI=1S/C22H25Cl2N3O3/c1-2-16-5-3-4-6-19(16)25-21(28)14-26-9-11-27(12-10-26)22(29)15-30-20-13-17(23)7-8-18(20)24/h3-8,13H,2,9-12,14-15H2,1H3,(H,25,28). The number of aryl methyl sites for hydroxylation is 1. The van der Waals surface area contributed by atoms with Gasteiger partial charge in [0, 0.05) is 43.0 Å². The number of piperazine rings is 1. The van der Waals surface area contributed by atoms with Gasteiger partial charge in [0.15, 0.2) is 6.61 Å². The first-order valence-electron chi connectivity index (χ1n) is 9.92. The van der Waals surface area contributed by atoms with Crippen LogP contribution in [0.4, 0.5) is 5.69 Å². The van der Waals surface area contributed by atoms with Crippen molar-refractivity contribution in [2.45, 2.75) is 13.3 Å². The second kappa shape index (κ2) is 10.7. The number of nitrogens with one attached hydrogen (secondary N) is 1. The summed E-state index contributed by atoms with van der Waals surface area (Å²) in [5.74, 6) is 0.224. The third kappa shape index (κ3) is 6.11. The largest absolute Gasteiger partial charge is 0.482 e. The molecule has 3 rings (SSSR count). The molecule has 1 aliphatic rings. The van der Waals surface area contributed by atoms with E-state index in [2.05, 4.69) is 12.2 Å². The van der Waals surface area contributed by atoms with Crippen molar-refractivity contribution >= 4 is 40.7 Å². The summed E-state index contributed by atoms with van der Waals surface area (Å²) in [6.45, 7) is 4.61. The maximum absolute atomic E-state index is 12.4. The van der Waals surface area contributed by atoms with E-state index in [1.807, 2.05) is 29.2 Å². The highest BCUT2D eigenvalue weighted by molar-refractivity contribution is 6.34. The van der Waals surface area contributed by atoms with Crippen LogP contribution in [-0.4, -0.2) is 60.9 Å². The molecular weight excluding hydrogens is 425 g/mol. The molecule has 0 atom stereocenters. The van der Waals surface area contributed by atoms with Gasteiger partial charge in [0.1, 0.15) is 5.75 Å². The fraction of sp³-hybridized carbons (Fsp3) is 0.364. The van der Waals surface area contributed by atoms with Crippen LogP contribution in [0.15, 0.2) is 42.5 Å². The predicted molar refractivity (Wildman–Crippen MR) is 119 cm³/mol. The minimum absolute atomic E-state index is 0.0467. The van der Waals surface area contributed by atoms with Crippen LogP contribution >= 0.6 is 23.2 Å². The van der Waals surface area contributed by atoms with Crippen LogP contribution in [0.5, 0.6) is 5.75 Å². The molecule has 2 amide bonds. The Labute approximate surface area is 186 Å². The minimum atomic E-state index is -0.119. The third-order valence-corrected chi connectivity index (χ3v) is 5.56. The molecule has 1 N–H and O–H groups in total. The van der Waals surface area contributed by atoms with E-state index in [0.717, 1.165) is 17.7 Å². The molecule has 0 aliphatic carbocycles. The van der Waals surface area contributed by atoms with E-state index in [1.165, 1.54) is 0 Å². The lowest BCUT2D eigenvalue weighted by Crippen LogP contribution is -2.51. The highest BCUT2D eigenvalue weighted by Crippen LogP contribution is 2.27. The van der Waals surface area contributed by atoms with Gasteiger partial charge in [0.2, 0.25) is 5.91 Å². The number of hydrogen-bond donors (Lipinski definition) is 1. The van der Waals surface area contributed by atoms with Crippen LogP contribution < -0.4 is 10.1 Å². The van der Waals surface area contributed by atoms with E-state index in [1.54, 1.807) is 23.1 Å². The smallest absolute Gasteiger partial charge is 0.260 e. The molecule has 0 bridgehead atoms. The molecular formula is C22H25Cl2N3O3. The first-order chi connectivity index (χ1) is 14.5. The summed E-state index contributed by atoms with van der Waals surface area (Å²) in [5.41, 5.74) is 1.97. The summed E-state index contributed by atoms with van der Waals surface area (Å²) in [5, 5.41) is 3.89. The lowest BCUT2D eigenvalue weighted by molar-refractivity contribution is -0.135. The van der Waals surface area contributed by atoms with Gasteiger partial charge >= 0.3 is 0 Å². The summed E-state index contributed by atoms with van der Waals surface area (Å²) in [6.07, 6.45) is 0.861. The Hall–Kier alpha value is -2.28. The number of para-hydroxylation sites is 1. The van der Waals surface area contributed by atoms with E-state index in [4.69, 9.17) is 27.9 Å². The predicted octanol–water partition coefficient (Wildman–Crippen LogP) is 3.72. The van der Waals surface area contributed by atoms with Crippen molar-refractivity contribution in [3.8, 4) is 5.75 Å². The number of rotatable bonds is 7. The molecule has 0 saturated carbocycles. The maximum Gasteiger partial charge on any atom is 0.260 e. The SMILES string of the molecule is CCc1ccccc1NC(=O)CN1CCN(C(=O)COc2cc(Cl)ccc2Cl)CC1. The number of carbonyl (C=O) groups is 2. The summed E-state index contributed by atoms with van der Waals surface area (Å²) < 4.78 is 5.53. The second-order valence-electron chi connectivity index (χ2n) is 7.08. The first-order valence-corrected chi connectivity index (χ1v) is 10.7. The van der Waals surface area contributed by atoms with Gasteiger partial charge in [-0.15, -0.1) is 0 Å². The van der Waals surface area contributed by atoms with Crippen LogP contribution in [0.1, 0.15) is 12.5 Å². The van der Waals surface area contributed by atoms with Gasteiger partial charge in [-0.2, -0.15) is 0 Å². The van der Waals surface area contributed by atoms with Crippen LogP contribution in [0.25, 0.3) is 0 Å². The molecule has 1 aliphatic heterocycles. The minimum Gasteiger partial charge on any atom is -0.482 e. The summed E-state index contributed by atoms with van der Waals surface area (Å²) >= 11 is 12.0. The Morgan fingerprint density at radius 1 is 1.07 bits per heavy atom.